The first-order chi connectivity index (χ1) is 10.7. The number of ether oxygens (including phenoxy) is 1. The van der Waals surface area contributed by atoms with Crippen LogP contribution in [0, 0.1) is 0 Å². The molecule has 2 aromatic carbocycles. The number of fused-ring (bicyclic) bond motifs is 1. The van der Waals surface area contributed by atoms with Gasteiger partial charge in [-0.2, -0.15) is 0 Å². The van der Waals surface area contributed by atoms with Crippen LogP contribution in [0.4, 0.5) is 5.69 Å². The van der Waals surface area contributed by atoms with Crippen molar-refractivity contribution in [3.63, 3.8) is 0 Å². The molecule has 1 heterocycles. The number of nitrogens with one attached hydrogen (secondary N) is 1. The third-order valence-electron chi connectivity index (χ3n) is 3.13. The van der Waals surface area contributed by atoms with Crippen molar-refractivity contribution in [3.8, 4) is 5.75 Å². The molecule has 0 radical (unpaired) electrons. The first-order valence-electron chi connectivity index (χ1n) is 6.89. The Bertz CT molecular complexity index is 808. The van der Waals surface area contributed by atoms with Crippen LogP contribution in [0.25, 0.3) is 11.0 Å². The van der Waals surface area contributed by atoms with Crippen molar-refractivity contribution in [3.05, 3.63) is 58.8 Å². The van der Waals surface area contributed by atoms with Crippen LogP contribution in [0.3, 0.4) is 0 Å². The minimum absolute atomic E-state index is 0.255. The van der Waals surface area contributed by atoms with E-state index in [9.17, 15) is 4.79 Å². The molecule has 3 aromatic rings. The van der Waals surface area contributed by atoms with Crippen molar-refractivity contribution < 1.29 is 13.9 Å². The molecule has 0 saturated heterocycles. The number of carbonyl (C=O) groups is 1. The van der Waals surface area contributed by atoms with E-state index in [-0.39, 0.29) is 11.7 Å². The quantitative estimate of drug-likeness (QED) is 0.724. The highest BCUT2D eigenvalue weighted by molar-refractivity contribution is 9.10. The molecule has 0 spiro atoms. The van der Waals surface area contributed by atoms with Crippen LogP contribution in [0.5, 0.6) is 5.75 Å². The van der Waals surface area contributed by atoms with E-state index in [1.807, 2.05) is 49.4 Å². The van der Waals surface area contributed by atoms with Crippen molar-refractivity contribution in [2.24, 2.45) is 0 Å². The summed E-state index contributed by atoms with van der Waals surface area (Å²) in [6.07, 6.45) is 0. The lowest BCUT2D eigenvalue weighted by Crippen LogP contribution is -2.10. The van der Waals surface area contributed by atoms with Crippen molar-refractivity contribution >= 4 is 38.5 Å². The minimum atomic E-state index is -0.291. The molecule has 0 bridgehead atoms. The number of rotatable bonds is 4. The smallest absolute Gasteiger partial charge is 0.291 e. The molecule has 1 amide bonds. The summed E-state index contributed by atoms with van der Waals surface area (Å²) in [4.78, 5) is 12.3. The van der Waals surface area contributed by atoms with Crippen molar-refractivity contribution in [2.45, 2.75) is 6.92 Å². The Morgan fingerprint density at radius 1 is 1.23 bits per heavy atom. The molecule has 0 aliphatic heterocycles. The van der Waals surface area contributed by atoms with Gasteiger partial charge in [-0.15, -0.1) is 0 Å². The summed E-state index contributed by atoms with van der Waals surface area (Å²) >= 11 is 3.36. The molecular weight excluding hydrogens is 346 g/mol. The van der Waals surface area contributed by atoms with Crippen LogP contribution in [0.2, 0.25) is 0 Å². The first-order valence-corrected chi connectivity index (χ1v) is 7.69. The van der Waals surface area contributed by atoms with Gasteiger partial charge in [0.2, 0.25) is 0 Å². The number of halogens is 1. The Kier molecular flexibility index (Phi) is 4.15. The predicted octanol–water partition coefficient (Wildman–Crippen LogP) is 4.85. The van der Waals surface area contributed by atoms with E-state index in [0.29, 0.717) is 23.6 Å². The zero-order chi connectivity index (χ0) is 15.5. The number of hydrogen-bond acceptors (Lipinski definition) is 3. The zero-order valence-electron chi connectivity index (χ0n) is 11.9. The lowest BCUT2D eigenvalue weighted by molar-refractivity contribution is 0.0998. The highest BCUT2D eigenvalue weighted by atomic mass is 79.9. The van der Waals surface area contributed by atoms with Crippen LogP contribution in [-0.2, 0) is 0 Å². The summed E-state index contributed by atoms with van der Waals surface area (Å²) in [6.45, 7) is 2.45. The molecule has 1 aromatic heterocycles. The summed E-state index contributed by atoms with van der Waals surface area (Å²) in [7, 11) is 0. The largest absolute Gasteiger partial charge is 0.490 e. The van der Waals surface area contributed by atoms with Gasteiger partial charge in [-0.25, -0.2) is 0 Å². The van der Waals surface area contributed by atoms with E-state index in [1.165, 1.54) is 0 Å². The Labute approximate surface area is 136 Å². The van der Waals surface area contributed by atoms with E-state index in [2.05, 4.69) is 21.2 Å². The monoisotopic (exact) mass is 359 g/mol. The number of hydrogen-bond donors (Lipinski definition) is 1. The summed E-state index contributed by atoms with van der Waals surface area (Å²) in [5, 5.41) is 3.64. The number of carbonyl (C=O) groups excluding carboxylic acids is 1. The molecule has 0 atom stereocenters. The third kappa shape index (κ3) is 2.99. The van der Waals surface area contributed by atoms with Crippen LogP contribution in [-0.4, -0.2) is 12.5 Å². The lowest BCUT2D eigenvalue weighted by atomic mass is 10.2. The number of amides is 1. The molecule has 0 saturated carbocycles. The second kappa shape index (κ2) is 6.23. The van der Waals surface area contributed by atoms with Gasteiger partial charge in [-0.1, -0.05) is 28.1 Å². The Balaban J connectivity index is 1.87. The van der Waals surface area contributed by atoms with Crippen molar-refractivity contribution in [1.82, 2.24) is 0 Å². The lowest BCUT2D eigenvalue weighted by Gasteiger charge is -2.03. The molecule has 4 nitrogen and oxygen atoms in total. The zero-order valence-corrected chi connectivity index (χ0v) is 13.5. The maximum absolute atomic E-state index is 12.3. The molecule has 5 heteroatoms. The maximum Gasteiger partial charge on any atom is 0.291 e. The average Bonchev–Trinajstić information content (AvgIpc) is 2.95. The summed E-state index contributed by atoms with van der Waals surface area (Å²) in [5.41, 5.74) is 1.30. The average molecular weight is 360 g/mol. The van der Waals surface area contributed by atoms with E-state index in [0.717, 1.165) is 9.86 Å². The molecule has 0 aliphatic carbocycles. The topological polar surface area (TPSA) is 51.5 Å². The van der Waals surface area contributed by atoms with Crippen LogP contribution < -0.4 is 10.1 Å². The van der Waals surface area contributed by atoms with Gasteiger partial charge in [0.15, 0.2) is 17.1 Å². The molecule has 112 valence electrons. The van der Waals surface area contributed by atoms with Crippen LogP contribution >= 0.6 is 15.9 Å². The van der Waals surface area contributed by atoms with Gasteiger partial charge in [0.05, 0.1) is 6.61 Å². The fourth-order valence-electron chi connectivity index (χ4n) is 2.14. The summed E-state index contributed by atoms with van der Waals surface area (Å²) < 4.78 is 12.1. The minimum Gasteiger partial charge on any atom is -0.490 e. The molecule has 22 heavy (non-hydrogen) atoms. The van der Waals surface area contributed by atoms with Gasteiger partial charge in [0.1, 0.15) is 0 Å². The van der Waals surface area contributed by atoms with Crippen LogP contribution in [0.15, 0.2) is 57.4 Å². The highest BCUT2D eigenvalue weighted by Crippen LogP contribution is 2.29. The second-order valence-electron chi connectivity index (χ2n) is 4.68. The number of para-hydroxylation sites is 1. The third-order valence-corrected chi connectivity index (χ3v) is 3.66. The standard InChI is InChI=1S/C17H14BrNO3/c1-2-21-14-5-3-4-11-10-15(22-16(11)14)17(20)19-13-8-6-12(18)7-9-13/h3-10H,2H2,1H3,(H,19,20). The van der Waals surface area contributed by atoms with E-state index in [1.54, 1.807) is 6.07 Å². The fourth-order valence-corrected chi connectivity index (χ4v) is 2.41. The van der Waals surface area contributed by atoms with Gasteiger partial charge in [-0.3, -0.25) is 4.79 Å². The normalized spacial score (nSPS) is 10.6. The molecular formula is C17H14BrNO3. The second-order valence-corrected chi connectivity index (χ2v) is 5.59. The van der Waals surface area contributed by atoms with Gasteiger partial charge in [0.25, 0.3) is 5.91 Å². The van der Waals surface area contributed by atoms with Crippen molar-refractivity contribution in [2.75, 3.05) is 11.9 Å². The Morgan fingerprint density at radius 3 is 2.73 bits per heavy atom. The van der Waals surface area contributed by atoms with Gasteiger partial charge < -0.3 is 14.5 Å². The summed E-state index contributed by atoms with van der Waals surface area (Å²) in [6, 6.07) is 14.7. The van der Waals surface area contributed by atoms with E-state index in [4.69, 9.17) is 9.15 Å². The molecule has 3 rings (SSSR count). The Hall–Kier alpha value is -2.27. The molecule has 0 fully saturated rings. The SMILES string of the molecule is CCOc1cccc2cc(C(=O)Nc3ccc(Br)cc3)oc12. The molecule has 0 unspecified atom stereocenters. The Morgan fingerprint density at radius 2 is 2.00 bits per heavy atom. The number of benzene rings is 2. The number of anilines is 1. The van der Waals surface area contributed by atoms with Gasteiger partial charge in [0, 0.05) is 15.5 Å². The van der Waals surface area contributed by atoms with E-state index >= 15 is 0 Å². The van der Waals surface area contributed by atoms with Gasteiger partial charge in [-0.05, 0) is 43.3 Å². The predicted molar refractivity (Wildman–Crippen MR) is 89.5 cm³/mol. The summed E-state index contributed by atoms with van der Waals surface area (Å²) in [5.74, 6) is 0.605. The molecule has 0 aliphatic rings. The maximum atomic E-state index is 12.3. The highest BCUT2D eigenvalue weighted by Gasteiger charge is 2.15. The first kappa shape index (κ1) is 14.7. The number of furan rings is 1. The fraction of sp³-hybridized carbons (Fsp3) is 0.118. The van der Waals surface area contributed by atoms with Crippen molar-refractivity contribution in [1.29, 1.82) is 0 Å². The van der Waals surface area contributed by atoms with Gasteiger partial charge >= 0.3 is 0 Å². The molecule has 1 N–H and O–H groups in total. The van der Waals surface area contributed by atoms with Crippen LogP contribution in [0.1, 0.15) is 17.5 Å². The van der Waals surface area contributed by atoms with E-state index < -0.39 is 0 Å².